The van der Waals surface area contributed by atoms with Gasteiger partial charge in [-0.3, -0.25) is 9.59 Å². The quantitative estimate of drug-likeness (QED) is 0.492. The summed E-state index contributed by atoms with van der Waals surface area (Å²) in [4.78, 5) is 23.8. The van der Waals surface area contributed by atoms with E-state index in [-0.39, 0.29) is 30.4 Å². The maximum absolute atomic E-state index is 11.9. The minimum Gasteiger partial charge on any atom is -0.508 e. The van der Waals surface area contributed by atoms with Gasteiger partial charge in [0.15, 0.2) is 0 Å². The molecule has 0 radical (unpaired) electrons. The highest BCUT2D eigenvalue weighted by molar-refractivity contribution is 5.99. The van der Waals surface area contributed by atoms with E-state index in [2.05, 4.69) is 15.8 Å². The molecule has 0 saturated carbocycles. The van der Waals surface area contributed by atoms with E-state index < -0.39 is 0 Å². The van der Waals surface area contributed by atoms with Crippen LogP contribution in [0.4, 0.5) is 5.69 Å². The van der Waals surface area contributed by atoms with E-state index in [0.29, 0.717) is 18.0 Å². The number of hydrogen-bond donors (Lipinski definition) is 3. The van der Waals surface area contributed by atoms with E-state index >= 15 is 0 Å². The number of nitrogens with zero attached hydrogens (tertiary/aromatic N) is 1. The Kier molecular flexibility index (Phi) is 7.37. The fraction of sp³-hybridized carbons (Fsp3) is 0.250. The molecule has 7 nitrogen and oxygen atoms in total. The zero-order chi connectivity index (χ0) is 19.6. The fourth-order valence-corrected chi connectivity index (χ4v) is 2.22. The first kappa shape index (κ1) is 20.0. The van der Waals surface area contributed by atoms with Crippen LogP contribution in [-0.2, 0) is 9.59 Å². The maximum atomic E-state index is 11.9. The molecule has 0 saturated heterocycles. The third-order valence-electron chi connectivity index (χ3n) is 3.66. The number of amides is 2. The normalized spacial score (nSPS) is 11.0. The molecular weight excluding hydrogens is 346 g/mol. The third kappa shape index (κ3) is 6.81. The number of rotatable bonds is 8. The summed E-state index contributed by atoms with van der Waals surface area (Å²) in [5, 5.41) is 16.0. The summed E-state index contributed by atoms with van der Waals surface area (Å²) in [7, 11) is 0. The van der Waals surface area contributed by atoms with Crippen molar-refractivity contribution in [2.45, 2.75) is 26.7 Å². The first-order valence-electron chi connectivity index (χ1n) is 8.63. The molecule has 0 spiro atoms. The van der Waals surface area contributed by atoms with Crippen LogP contribution in [0.5, 0.6) is 11.5 Å². The Labute approximate surface area is 158 Å². The van der Waals surface area contributed by atoms with E-state index in [9.17, 15) is 14.7 Å². The van der Waals surface area contributed by atoms with Gasteiger partial charge in [0.25, 0.3) is 0 Å². The Balaban J connectivity index is 1.76. The van der Waals surface area contributed by atoms with Gasteiger partial charge in [-0.1, -0.05) is 0 Å². The summed E-state index contributed by atoms with van der Waals surface area (Å²) in [6, 6.07) is 13.5. The van der Waals surface area contributed by atoms with E-state index in [1.54, 1.807) is 55.5 Å². The Morgan fingerprint density at radius 3 is 2.26 bits per heavy atom. The van der Waals surface area contributed by atoms with Gasteiger partial charge in [0.2, 0.25) is 11.8 Å². The Morgan fingerprint density at radius 1 is 1.00 bits per heavy atom. The van der Waals surface area contributed by atoms with Crippen LogP contribution in [0.25, 0.3) is 0 Å². The summed E-state index contributed by atoms with van der Waals surface area (Å²) in [6.45, 7) is 4.22. The highest BCUT2D eigenvalue weighted by Crippen LogP contribution is 2.16. The Bertz CT molecular complexity index is 799. The molecule has 7 heteroatoms. The largest absolute Gasteiger partial charge is 0.508 e. The van der Waals surface area contributed by atoms with E-state index in [4.69, 9.17) is 4.74 Å². The second-order valence-electron chi connectivity index (χ2n) is 5.78. The minimum absolute atomic E-state index is 0.0230. The van der Waals surface area contributed by atoms with Crippen LogP contribution >= 0.6 is 0 Å². The van der Waals surface area contributed by atoms with Crippen molar-refractivity contribution in [3.05, 3.63) is 54.1 Å². The average molecular weight is 369 g/mol. The number of carbonyl (C=O) groups is 2. The molecule has 2 rings (SSSR count). The van der Waals surface area contributed by atoms with Gasteiger partial charge in [-0.25, -0.2) is 5.43 Å². The van der Waals surface area contributed by atoms with Crippen LogP contribution in [0.2, 0.25) is 0 Å². The summed E-state index contributed by atoms with van der Waals surface area (Å²) < 4.78 is 5.34. The van der Waals surface area contributed by atoms with Crippen molar-refractivity contribution in [3.63, 3.8) is 0 Å². The standard InChI is InChI=1S/C20H23N3O4/c1-3-27-18-10-6-16(7-11-18)21-19(25)12-13-20(26)23-22-14(2)15-4-8-17(24)9-5-15/h4-11,24H,3,12-13H2,1-2H3,(H,21,25)(H,23,26). The van der Waals surface area contributed by atoms with Crippen LogP contribution in [0.1, 0.15) is 32.3 Å². The molecule has 0 aromatic heterocycles. The second-order valence-corrected chi connectivity index (χ2v) is 5.78. The SMILES string of the molecule is CCOc1ccc(NC(=O)CCC(=O)NN=C(C)c2ccc(O)cc2)cc1. The zero-order valence-electron chi connectivity index (χ0n) is 15.4. The molecule has 27 heavy (non-hydrogen) atoms. The molecule has 142 valence electrons. The lowest BCUT2D eigenvalue weighted by atomic mass is 10.1. The number of benzene rings is 2. The number of carbonyl (C=O) groups excluding carboxylic acids is 2. The smallest absolute Gasteiger partial charge is 0.240 e. The number of anilines is 1. The summed E-state index contributed by atoms with van der Waals surface area (Å²) >= 11 is 0. The number of aromatic hydroxyl groups is 1. The molecule has 0 aliphatic carbocycles. The van der Waals surface area contributed by atoms with Crippen LogP contribution in [-0.4, -0.2) is 29.2 Å². The van der Waals surface area contributed by atoms with Crippen LogP contribution in [0.3, 0.4) is 0 Å². The molecule has 0 aliphatic heterocycles. The maximum Gasteiger partial charge on any atom is 0.240 e. The summed E-state index contributed by atoms with van der Waals surface area (Å²) in [5.74, 6) is 0.286. The number of ether oxygens (including phenoxy) is 1. The first-order chi connectivity index (χ1) is 13.0. The van der Waals surface area contributed by atoms with Crippen LogP contribution in [0.15, 0.2) is 53.6 Å². The predicted octanol–water partition coefficient (Wildman–Crippen LogP) is 3.05. The number of nitrogens with one attached hydrogen (secondary N) is 2. The first-order valence-corrected chi connectivity index (χ1v) is 8.63. The van der Waals surface area contributed by atoms with Crippen LogP contribution < -0.4 is 15.5 Å². The molecule has 0 aliphatic rings. The average Bonchev–Trinajstić information content (AvgIpc) is 2.67. The molecule has 2 aromatic rings. The highest BCUT2D eigenvalue weighted by Gasteiger charge is 2.07. The molecule has 2 amide bonds. The van der Waals surface area contributed by atoms with Crippen molar-refractivity contribution < 1.29 is 19.4 Å². The Hall–Kier alpha value is -3.35. The van der Waals surface area contributed by atoms with E-state index in [1.165, 1.54) is 0 Å². The lowest BCUT2D eigenvalue weighted by molar-refractivity contribution is -0.124. The van der Waals surface area contributed by atoms with E-state index in [1.807, 2.05) is 6.92 Å². The number of hydrazone groups is 1. The van der Waals surface area contributed by atoms with Gasteiger partial charge in [0, 0.05) is 18.5 Å². The number of phenolic OH excluding ortho intramolecular Hbond substituents is 1. The van der Waals surface area contributed by atoms with Gasteiger partial charge in [-0.15, -0.1) is 0 Å². The molecule has 2 aromatic carbocycles. The third-order valence-corrected chi connectivity index (χ3v) is 3.66. The lowest BCUT2D eigenvalue weighted by Gasteiger charge is -2.07. The molecule has 0 fully saturated rings. The molecule has 0 unspecified atom stereocenters. The zero-order valence-corrected chi connectivity index (χ0v) is 15.4. The molecular formula is C20H23N3O4. The van der Waals surface area contributed by atoms with Gasteiger partial charge >= 0.3 is 0 Å². The lowest BCUT2D eigenvalue weighted by Crippen LogP contribution is -2.21. The molecule has 3 N–H and O–H groups in total. The second kappa shape index (κ2) is 9.96. The minimum atomic E-state index is -0.352. The highest BCUT2D eigenvalue weighted by atomic mass is 16.5. The topological polar surface area (TPSA) is 100 Å². The van der Waals surface area contributed by atoms with Crippen molar-refractivity contribution in [1.29, 1.82) is 0 Å². The number of hydrogen-bond acceptors (Lipinski definition) is 5. The van der Waals surface area contributed by atoms with Crippen molar-refractivity contribution >= 4 is 23.2 Å². The Morgan fingerprint density at radius 2 is 1.63 bits per heavy atom. The number of phenols is 1. The van der Waals surface area contributed by atoms with Gasteiger partial charge in [0.05, 0.1) is 12.3 Å². The van der Waals surface area contributed by atoms with E-state index in [0.717, 1.165) is 11.3 Å². The van der Waals surface area contributed by atoms with Crippen molar-refractivity contribution in [1.82, 2.24) is 5.43 Å². The van der Waals surface area contributed by atoms with Gasteiger partial charge in [-0.05, 0) is 67.9 Å². The predicted molar refractivity (Wildman–Crippen MR) is 104 cm³/mol. The van der Waals surface area contributed by atoms with Crippen molar-refractivity contribution in [2.24, 2.45) is 5.10 Å². The molecule has 0 atom stereocenters. The monoisotopic (exact) mass is 369 g/mol. The summed E-state index contributed by atoms with van der Waals surface area (Å²) in [6.07, 6.45) is 0.0715. The van der Waals surface area contributed by atoms with Crippen molar-refractivity contribution in [3.8, 4) is 11.5 Å². The van der Waals surface area contributed by atoms with Crippen molar-refractivity contribution in [2.75, 3.05) is 11.9 Å². The molecule has 0 heterocycles. The van der Waals surface area contributed by atoms with Gasteiger partial charge in [0.1, 0.15) is 11.5 Å². The molecule has 0 bridgehead atoms. The summed E-state index contributed by atoms with van der Waals surface area (Å²) in [5.41, 5.74) is 4.45. The fourth-order valence-electron chi connectivity index (χ4n) is 2.22. The van der Waals surface area contributed by atoms with Crippen LogP contribution in [0, 0.1) is 0 Å². The van der Waals surface area contributed by atoms with Gasteiger partial charge in [-0.2, -0.15) is 5.10 Å². The van der Waals surface area contributed by atoms with Gasteiger partial charge < -0.3 is 15.2 Å².